The number of ether oxygens (including phenoxy) is 1. The minimum atomic E-state index is -0.0989. The second-order valence-corrected chi connectivity index (χ2v) is 14.5. The SMILES string of the molecule is Cc1ccccc1CC1CCN(c2nc3nc[nH]c(=O)c3s2)CC1.Cc1ccccc1OC1CCN(c2nc3cc[nH]c(=O)c3s2)CC1. The molecule has 2 N–H and O–H groups in total. The van der Waals surface area contributed by atoms with Crippen molar-refractivity contribution >= 4 is 53.5 Å². The number of aromatic nitrogens is 5. The summed E-state index contributed by atoms with van der Waals surface area (Å²) in [6, 6.07) is 18.7. The summed E-state index contributed by atoms with van der Waals surface area (Å²) in [6.45, 7) is 8.05. The molecule has 0 spiro atoms. The Morgan fingerprint density at radius 3 is 2.12 bits per heavy atom. The van der Waals surface area contributed by atoms with Crippen molar-refractivity contribution in [2.75, 3.05) is 36.0 Å². The van der Waals surface area contributed by atoms with E-state index in [0.29, 0.717) is 15.0 Å². The number of hydrogen-bond acceptors (Lipinski definition) is 10. The number of para-hydroxylation sites is 1. The lowest BCUT2D eigenvalue weighted by molar-refractivity contribution is 0.170. The first-order valence-electron chi connectivity index (χ1n) is 16.5. The summed E-state index contributed by atoms with van der Waals surface area (Å²) in [4.78, 5) is 46.8. The quantitative estimate of drug-likeness (QED) is 0.205. The molecule has 0 amide bonds. The molecule has 6 heterocycles. The summed E-state index contributed by atoms with van der Waals surface area (Å²) in [5, 5.41) is 1.85. The van der Waals surface area contributed by atoms with Crippen molar-refractivity contribution in [3.8, 4) is 5.75 Å². The Kier molecular flexibility index (Phi) is 9.53. The summed E-state index contributed by atoms with van der Waals surface area (Å²) in [7, 11) is 0. The molecule has 8 rings (SSSR count). The van der Waals surface area contributed by atoms with Crippen LogP contribution in [0.3, 0.4) is 0 Å². The number of rotatable bonds is 6. The van der Waals surface area contributed by atoms with Crippen molar-refractivity contribution in [2.45, 2.75) is 52.1 Å². The molecule has 0 bridgehead atoms. The molecule has 248 valence electrons. The molecule has 0 unspecified atom stereocenters. The van der Waals surface area contributed by atoms with Gasteiger partial charge in [-0.3, -0.25) is 9.59 Å². The van der Waals surface area contributed by atoms with E-state index in [1.54, 1.807) is 6.20 Å². The van der Waals surface area contributed by atoms with Gasteiger partial charge in [-0.1, -0.05) is 65.1 Å². The first-order valence-corrected chi connectivity index (χ1v) is 18.1. The largest absolute Gasteiger partial charge is 0.490 e. The maximum Gasteiger partial charge on any atom is 0.270 e. The number of nitrogens with one attached hydrogen (secondary N) is 2. The highest BCUT2D eigenvalue weighted by Crippen LogP contribution is 2.31. The first-order chi connectivity index (χ1) is 23.4. The van der Waals surface area contributed by atoms with Crippen LogP contribution in [0.2, 0.25) is 0 Å². The zero-order valence-corrected chi connectivity index (χ0v) is 28.8. The molecule has 0 aliphatic carbocycles. The lowest BCUT2D eigenvalue weighted by atomic mass is 9.89. The third-order valence-corrected chi connectivity index (χ3v) is 11.5. The van der Waals surface area contributed by atoms with E-state index in [2.05, 4.69) is 78.9 Å². The zero-order chi connectivity index (χ0) is 33.0. The number of thiazole rings is 2. The molecule has 0 saturated carbocycles. The van der Waals surface area contributed by atoms with Crippen LogP contribution in [-0.2, 0) is 6.42 Å². The van der Waals surface area contributed by atoms with E-state index in [4.69, 9.17) is 4.74 Å². The van der Waals surface area contributed by atoms with E-state index in [-0.39, 0.29) is 17.2 Å². The third kappa shape index (κ3) is 7.14. The Morgan fingerprint density at radius 1 is 0.771 bits per heavy atom. The Balaban J connectivity index is 0.000000152. The molecule has 12 heteroatoms. The molecular weight excluding hydrogens is 643 g/mol. The zero-order valence-electron chi connectivity index (χ0n) is 27.1. The minimum Gasteiger partial charge on any atom is -0.490 e. The second kappa shape index (κ2) is 14.3. The van der Waals surface area contributed by atoms with Gasteiger partial charge in [-0.2, -0.15) is 4.98 Å². The van der Waals surface area contributed by atoms with Crippen molar-refractivity contribution in [1.29, 1.82) is 0 Å². The number of aryl methyl sites for hydroxylation is 2. The molecule has 2 aliphatic heterocycles. The normalized spacial score (nSPS) is 15.9. The van der Waals surface area contributed by atoms with Gasteiger partial charge in [-0.25, -0.2) is 9.97 Å². The van der Waals surface area contributed by atoms with E-state index in [9.17, 15) is 9.59 Å². The van der Waals surface area contributed by atoms with Crippen LogP contribution in [0.25, 0.3) is 20.6 Å². The van der Waals surface area contributed by atoms with Crippen molar-refractivity contribution in [1.82, 2.24) is 24.9 Å². The monoisotopic (exact) mass is 681 g/mol. The summed E-state index contributed by atoms with van der Waals surface area (Å²) in [5.41, 5.74) is 5.19. The van der Waals surface area contributed by atoms with Crippen LogP contribution in [0.4, 0.5) is 10.3 Å². The van der Waals surface area contributed by atoms with Crippen LogP contribution in [0.1, 0.15) is 42.4 Å². The van der Waals surface area contributed by atoms with Crippen LogP contribution in [-0.4, -0.2) is 57.2 Å². The topological polar surface area (TPSA) is 120 Å². The molecule has 0 atom stereocenters. The smallest absolute Gasteiger partial charge is 0.270 e. The fourth-order valence-electron chi connectivity index (χ4n) is 6.39. The molecule has 2 saturated heterocycles. The Bertz CT molecular complexity index is 1970. The molecule has 0 radical (unpaired) electrons. The second-order valence-electron chi connectivity index (χ2n) is 12.5. The highest BCUT2D eigenvalue weighted by atomic mass is 32.1. The molecule has 2 aliphatic rings. The highest BCUT2D eigenvalue weighted by Gasteiger charge is 2.24. The van der Waals surface area contributed by atoms with E-state index in [0.717, 1.165) is 85.7 Å². The third-order valence-electron chi connectivity index (χ3n) is 9.25. The minimum absolute atomic E-state index is 0.0611. The average molecular weight is 682 g/mol. The number of piperidine rings is 2. The molecular formula is C36H39N7O3S2. The van der Waals surface area contributed by atoms with Gasteiger partial charge in [0.1, 0.15) is 21.3 Å². The predicted molar refractivity (Wildman–Crippen MR) is 195 cm³/mol. The van der Waals surface area contributed by atoms with Gasteiger partial charge < -0.3 is 24.5 Å². The standard InChI is InChI=1S/C18H20N4OS.C18H19N3O2S/c1-12-4-2-3-5-14(12)10-13-6-8-22(9-7-13)18-21-16-15(24-18)17(23)20-11-19-16;1-12-4-2-3-5-15(12)23-13-7-10-21(11-8-13)18-20-14-6-9-19-17(22)16(14)24-18/h2-5,11,13H,6-10H2,1H3,(H,19,20,23);2-6,9,13H,7-8,10-11H2,1H3,(H,19,22). The van der Waals surface area contributed by atoms with Gasteiger partial charge in [0.15, 0.2) is 15.9 Å². The van der Waals surface area contributed by atoms with Crippen molar-refractivity contribution in [3.63, 3.8) is 0 Å². The van der Waals surface area contributed by atoms with Crippen LogP contribution in [0, 0.1) is 19.8 Å². The van der Waals surface area contributed by atoms with Crippen LogP contribution in [0.15, 0.2) is 76.7 Å². The van der Waals surface area contributed by atoms with Crippen molar-refractivity contribution < 1.29 is 4.74 Å². The lowest BCUT2D eigenvalue weighted by Crippen LogP contribution is -2.38. The molecule has 10 nitrogen and oxygen atoms in total. The molecule has 6 aromatic rings. The molecule has 4 aromatic heterocycles. The number of aromatic amines is 2. The van der Waals surface area contributed by atoms with Gasteiger partial charge in [0.2, 0.25) is 0 Å². The van der Waals surface area contributed by atoms with E-state index < -0.39 is 0 Å². The van der Waals surface area contributed by atoms with Gasteiger partial charge >= 0.3 is 0 Å². The van der Waals surface area contributed by atoms with Crippen LogP contribution >= 0.6 is 22.7 Å². The maximum absolute atomic E-state index is 11.8. The summed E-state index contributed by atoms with van der Waals surface area (Å²) in [5.74, 6) is 1.70. The van der Waals surface area contributed by atoms with Crippen LogP contribution in [0.5, 0.6) is 5.75 Å². The van der Waals surface area contributed by atoms with Crippen molar-refractivity contribution in [2.24, 2.45) is 5.92 Å². The predicted octanol–water partition coefficient (Wildman–Crippen LogP) is 6.49. The van der Waals surface area contributed by atoms with Gasteiger partial charge in [-0.05, 0) is 67.9 Å². The summed E-state index contributed by atoms with van der Waals surface area (Å²) >= 11 is 2.91. The fourth-order valence-corrected chi connectivity index (χ4v) is 8.37. The van der Waals surface area contributed by atoms with Gasteiger partial charge in [0, 0.05) is 45.2 Å². The van der Waals surface area contributed by atoms with E-state index in [1.165, 1.54) is 45.7 Å². The average Bonchev–Trinajstić information content (AvgIpc) is 3.75. The van der Waals surface area contributed by atoms with Gasteiger partial charge in [0.25, 0.3) is 11.1 Å². The lowest BCUT2D eigenvalue weighted by Gasteiger charge is -2.32. The van der Waals surface area contributed by atoms with Gasteiger partial charge in [-0.15, -0.1) is 0 Å². The first kappa shape index (κ1) is 32.0. The molecule has 48 heavy (non-hydrogen) atoms. The molecule has 2 fully saturated rings. The Labute approximate surface area is 286 Å². The Morgan fingerprint density at radius 2 is 1.42 bits per heavy atom. The fraction of sp³-hybridized carbons (Fsp3) is 0.361. The maximum atomic E-state index is 11.8. The highest BCUT2D eigenvalue weighted by molar-refractivity contribution is 7.22. The van der Waals surface area contributed by atoms with Crippen LogP contribution < -0.4 is 25.7 Å². The number of nitrogens with zero attached hydrogens (tertiary/aromatic N) is 5. The number of anilines is 2. The van der Waals surface area contributed by atoms with Gasteiger partial charge in [0.05, 0.1) is 11.8 Å². The molecule has 2 aromatic carbocycles. The number of H-pyrrole nitrogens is 2. The Hall–Kier alpha value is -4.55. The number of hydrogen-bond donors (Lipinski definition) is 2. The summed E-state index contributed by atoms with van der Waals surface area (Å²) in [6.07, 6.45) is 8.70. The summed E-state index contributed by atoms with van der Waals surface area (Å²) < 4.78 is 7.47. The van der Waals surface area contributed by atoms with Crippen molar-refractivity contribution in [3.05, 3.63) is 105 Å². The van der Waals surface area contributed by atoms with E-state index in [1.807, 2.05) is 24.3 Å². The number of fused-ring (bicyclic) bond motifs is 2. The number of benzene rings is 2. The van der Waals surface area contributed by atoms with E-state index >= 15 is 0 Å². The number of pyridine rings is 1.